The van der Waals surface area contributed by atoms with Gasteiger partial charge in [0, 0.05) is 44.2 Å². The number of amides is 1. The molecular formula is C16H25N5O3. The number of aromatic nitrogens is 2. The van der Waals surface area contributed by atoms with Crippen LogP contribution in [0.3, 0.4) is 0 Å². The lowest BCUT2D eigenvalue weighted by atomic mass is 9.86. The van der Waals surface area contributed by atoms with E-state index in [1.54, 1.807) is 14.2 Å². The third kappa shape index (κ3) is 3.24. The SMILES string of the molecule is COc1cc(N2CCN(C)[C@]3(CCNC(=O)CC3)C2)nc(OC)n1. The predicted octanol–water partition coefficient (Wildman–Crippen LogP) is 0.285. The zero-order chi connectivity index (χ0) is 17.2. The average Bonchev–Trinajstić information content (AvgIpc) is 2.79. The molecule has 1 amide bonds. The number of nitrogens with zero attached hydrogens (tertiary/aromatic N) is 4. The number of carbonyl (C=O) groups is 1. The standard InChI is InChI=1S/C16H25N5O3/c1-20-8-9-21(11-16(20)5-4-13(22)17-7-6-16)12-10-14(23-2)19-15(18-12)24-3/h10H,4-9,11H2,1-3H3,(H,17,22)/t16-/m1/s1. The lowest BCUT2D eigenvalue weighted by Gasteiger charge is -2.49. The number of anilines is 1. The molecule has 0 unspecified atom stereocenters. The third-order valence-corrected chi connectivity index (χ3v) is 5.11. The zero-order valence-corrected chi connectivity index (χ0v) is 14.5. The highest BCUT2D eigenvalue weighted by atomic mass is 16.5. The number of nitrogens with one attached hydrogen (secondary N) is 1. The second-order valence-corrected chi connectivity index (χ2v) is 6.42. The van der Waals surface area contributed by atoms with Crippen LogP contribution in [0.1, 0.15) is 19.3 Å². The molecular weight excluding hydrogens is 310 g/mol. The summed E-state index contributed by atoms with van der Waals surface area (Å²) in [5.74, 6) is 1.43. The van der Waals surface area contributed by atoms with Crippen molar-refractivity contribution in [2.75, 3.05) is 52.3 Å². The molecule has 3 heterocycles. The van der Waals surface area contributed by atoms with Crippen LogP contribution in [0.4, 0.5) is 5.82 Å². The Morgan fingerprint density at radius 3 is 2.79 bits per heavy atom. The Balaban J connectivity index is 1.86. The lowest BCUT2D eigenvalue weighted by Crippen LogP contribution is -2.61. The predicted molar refractivity (Wildman–Crippen MR) is 89.6 cm³/mol. The first-order chi connectivity index (χ1) is 11.6. The number of ether oxygens (including phenoxy) is 2. The van der Waals surface area contributed by atoms with Crippen LogP contribution in [0, 0.1) is 0 Å². The zero-order valence-electron chi connectivity index (χ0n) is 14.5. The summed E-state index contributed by atoms with van der Waals surface area (Å²) in [6, 6.07) is 2.14. The highest BCUT2D eigenvalue weighted by Gasteiger charge is 2.41. The van der Waals surface area contributed by atoms with E-state index in [2.05, 4.69) is 32.1 Å². The van der Waals surface area contributed by atoms with E-state index in [9.17, 15) is 4.79 Å². The summed E-state index contributed by atoms with van der Waals surface area (Å²) in [5, 5.41) is 2.98. The molecule has 1 spiro atoms. The molecule has 2 aliphatic rings. The van der Waals surface area contributed by atoms with Gasteiger partial charge < -0.3 is 19.7 Å². The summed E-state index contributed by atoms with van der Waals surface area (Å²) < 4.78 is 10.4. The van der Waals surface area contributed by atoms with E-state index in [4.69, 9.17) is 9.47 Å². The normalized spacial score (nSPS) is 25.3. The van der Waals surface area contributed by atoms with Crippen molar-refractivity contribution in [3.8, 4) is 11.9 Å². The van der Waals surface area contributed by atoms with Gasteiger partial charge in [0.05, 0.1) is 14.2 Å². The van der Waals surface area contributed by atoms with Gasteiger partial charge >= 0.3 is 6.01 Å². The Bertz CT molecular complexity index is 589. The molecule has 0 bridgehead atoms. The minimum Gasteiger partial charge on any atom is -0.481 e. The fourth-order valence-electron chi connectivity index (χ4n) is 3.54. The first-order valence-electron chi connectivity index (χ1n) is 8.26. The van der Waals surface area contributed by atoms with Gasteiger partial charge in [0.15, 0.2) is 0 Å². The van der Waals surface area contributed by atoms with Gasteiger partial charge in [-0.15, -0.1) is 0 Å². The van der Waals surface area contributed by atoms with Crippen LogP contribution in [0.2, 0.25) is 0 Å². The average molecular weight is 335 g/mol. The summed E-state index contributed by atoms with van der Waals surface area (Å²) in [4.78, 5) is 25.0. The van der Waals surface area contributed by atoms with E-state index in [0.29, 0.717) is 24.9 Å². The molecule has 24 heavy (non-hydrogen) atoms. The second kappa shape index (κ2) is 6.80. The molecule has 1 N–H and O–H groups in total. The first-order valence-corrected chi connectivity index (χ1v) is 8.26. The van der Waals surface area contributed by atoms with Crippen molar-refractivity contribution in [1.82, 2.24) is 20.2 Å². The van der Waals surface area contributed by atoms with Gasteiger partial charge in [-0.25, -0.2) is 0 Å². The van der Waals surface area contributed by atoms with Crippen molar-refractivity contribution in [3.05, 3.63) is 6.07 Å². The smallest absolute Gasteiger partial charge is 0.321 e. The highest BCUT2D eigenvalue weighted by Crippen LogP contribution is 2.33. The molecule has 8 heteroatoms. The van der Waals surface area contributed by atoms with Crippen LogP contribution < -0.4 is 19.7 Å². The van der Waals surface area contributed by atoms with Crippen molar-refractivity contribution < 1.29 is 14.3 Å². The fourth-order valence-corrected chi connectivity index (χ4v) is 3.54. The number of rotatable bonds is 3. The van der Waals surface area contributed by atoms with Gasteiger partial charge in [0.2, 0.25) is 11.8 Å². The maximum Gasteiger partial charge on any atom is 0.321 e. The number of carbonyl (C=O) groups excluding carboxylic acids is 1. The lowest BCUT2D eigenvalue weighted by molar-refractivity contribution is -0.120. The maximum absolute atomic E-state index is 11.7. The van der Waals surface area contributed by atoms with Crippen molar-refractivity contribution in [3.63, 3.8) is 0 Å². The Labute approximate surface area is 142 Å². The van der Waals surface area contributed by atoms with Crippen molar-refractivity contribution in [1.29, 1.82) is 0 Å². The minimum absolute atomic E-state index is 0.0250. The molecule has 132 valence electrons. The van der Waals surface area contributed by atoms with Crippen LogP contribution in [0.25, 0.3) is 0 Å². The molecule has 2 aliphatic heterocycles. The Hall–Kier alpha value is -2.09. The molecule has 8 nitrogen and oxygen atoms in total. The molecule has 0 aromatic carbocycles. The molecule has 0 saturated carbocycles. The van der Waals surface area contributed by atoms with Crippen molar-refractivity contribution in [2.24, 2.45) is 0 Å². The molecule has 1 aromatic rings. The van der Waals surface area contributed by atoms with Crippen LogP contribution in [-0.4, -0.2) is 73.8 Å². The Kier molecular flexibility index (Phi) is 4.75. The van der Waals surface area contributed by atoms with Crippen molar-refractivity contribution >= 4 is 11.7 Å². The molecule has 0 aliphatic carbocycles. The Morgan fingerprint density at radius 1 is 1.21 bits per heavy atom. The van der Waals surface area contributed by atoms with E-state index in [0.717, 1.165) is 38.3 Å². The summed E-state index contributed by atoms with van der Waals surface area (Å²) in [6.07, 6.45) is 2.35. The largest absolute Gasteiger partial charge is 0.481 e. The number of hydrogen-bond acceptors (Lipinski definition) is 7. The van der Waals surface area contributed by atoms with E-state index >= 15 is 0 Å². The number of methoxy groups -OCH3 is 2. The maximum atomic E-state index is 11.7. The number of hydrogen-bond donors (Lipinski definition) is 1. The van der Waals surface area contributed by atoms with Gasteiger partial charge in [-0.1, -0.05) is 0 Å². The molecule has 2 fully saturated rings. The van der Waals surface area contributed by atoms with Crippen LogP contribution in [0.5, 0.6) is 11.9 Å². The molecule has 2 saturated heterocycles. The first kappa shape index (κ1) is 16.8. The van der Waals surface area contributed by atoms with Gasteiger partial charge in [-0.2, -0.15) is 9.97 Å². The molecule has 1 atom stereocenters. The number of piperazine rings is 1. The van der Waals surface area contributed by atoms with Gasteiger partial charge in [0.25, 0.3) is 0 Å². The minimum atomic E-state index is -0.0250. The quantitative estimate of drug-likeness (QED) is 0.850. The third-order valence-electron chi connectivity index (χ3n) is 5.11. The molecule has 3 rings (SSSR count). The van der Waals surface area contributed by atoms with Gasteiger partial charge in [0.1, 0.15) is 5.82 Å². The second-order valence-electron chi connectivity index (χ2n) is 6.42. The monoisotopic (exact) mass is 335 g/mol. The van der Waals surface area contributed by atoms with Crippen LogP contribution in [0.15, 0.2) is 6.07 Å². The van der Waals surface area contributed by atoms with E-state index < -0.39 is 0 Å². The van der Waals surface area contributed by atoms with E-state index in [1.807, 2.05) is 6.07 Å². The highest BCUT2D eigenvalue weighted by molar-refractivity contribution is 5.76. The molecule has 0 radical (unpaired) electrons. The topological polar surface area (TPSA) is 79.8 Å². The van der Waals surface area contributed by atoms with E-state index in [-0.39, 0.29) is 11.4 Å². The van der Waals surface area contributed by atoms with E-state index in [1.165, 1.54) is 0 Å². The molecule has 1 aromatic heterocycles. The summed E-state index contributed by atoms with van der Waals surface area (Å²) >= 11 is 0. The van der Waals surface area contributed by atoms with Crippen LogP contribution in [-0.2, 0) is 4.79 Å². The number of likely N-dealkylation sites (N-methyl/N-ethyl adjacent to an activating group) is 1. The van der Waals surface area contributed by atoms with Crippen molar-refractivity contribution in [2.45, 2.75) is 24.8 Å². The van der Waals surface area contributed by atoms with Gasteiger partial charge in [-0.3, -0.25) is 9.69 Å². The van der Waals surface area contributed by atoms with Crippen LogP contribution >= 0.6 is 0 Å². The summed E-state index contributed by atoms with van der Waals surface area (Å²) in [6.45, 7) is 3.32. The van der Waals surface area contributed by atoms with Gasteiger partial charge in [-0.05, 0) is 19.9 Å². The fraction of sp³-hybridized carbons (Fsp3) is 0.688. The summed E-state index contributed by atoms with van der Waals surface area (Å²) in [5.41, 5.74) is -0.0250. The summed E-state index contributed by atoms with van der Waals surface area (Å²) in [7, 11) is 5.28. The Morgan fingerprint density at radius 2 is 2.04 bits per heavy atom.